The molecule has 1 atom stereocenters. The predicted molar refractivity (Wildman–Crippen MR) is 119 cm³/mol. The standard InChI is InChI=1S/C23H28ClN3O3/c1-23(2,3)30-22(29)25-20(17-7-5-4-6-8-17)21(28)27-15-13-26(14-16-27)19-11-9-18(24)10-12-19/h4-12,20H,13-16H2,1-3H3,(H,25,29)/t20-/m1/s1. The molecule has 0 spiro atoms. The molecule has 0 saturated carbocycles. The average Bonchev–Trinajstić information content (AvgIpc) is 2.72. The Balaban J connectivity index is 1.69. The summed E-state index contributed by atoms with van der Waals surface area (Å²) in [6.07, 6.45) is -0.607. The van der Waals surface area contributed by atoms with Crippen LogP contribution < -0.4 is 10.2 Å². The van der Waals surface area contributed by atoms with Crippen molar-refractivity contribution in [1.29, 1.82) is 0 Å². The molecule has 0 unspecified atom stereocenters. The molecule has 0 radical (unpaired) electrons. The summed E-state index contributed by atoms with van der Waals surface area (Å²) >= 11 is 5.97. The highest BCUT2D eigenvalue weighted by molar-refractivity contribution is 6.30. The summed E-state index contributed by atoms with van der Waals surface area (Å²) in [7, 11) is 0. The maximum absolute atomic E-state index is 13.3. The zero-order valence-corrected chi connectivity index (χ0v) is 18.4. The second-order valence-corrected chi connectivity index (χ2v) is 8.72. The Kier molecular flexibility index (Phi) is 6.87. The van der Waals surface area contributed by atoms with Gasteiger partial charge in [0.1, 0.15) is 11.6 Å². The molecule has 30 heavy (non-hydrogen) atoms. The van der Waals surface area contributed by atoms with Crippen molar-refractivity contribution in [3.8, 4) is 0 Å². The highest BCUT2D eigenvalue weighted by atomic mass is 35.5. The van der Waals surface area contributed by atoms with Gasteiger partial charge in [0.25, 0.3) is 0 Å². The number of piperazine rings is 1. The third-order valence-electron chi connectivity index (χ3n) is 4.82. The molecule has 160 valence electrons. The first-order chi connectivity index (χ1) is 14.2. The Labute approximate surface area is 182 Å². The van der Waals surface area contributed by atoms with Crippen LogP contribution in [0.4, 0.5) is 10.5 Å². The summed E-state index contributed by atoms with van der Waals surface area (Å²) in [5.41, 5.74) is 1.17. The molecule has 0 bridgehead atoms. The number of halogens is 1. The zero-order chi connectivity index (χ0) is 21.7. The zero-order valence-electron chi connectivity index (χ0n) is 17.6. The number of nitrogens with one attached hydrogen (secondary N) is 1. The van der Waals surface area contributed by atoms with Crippen LogP contribution in [0.1, 0.15) is 32.4 Å². The number of benzene rings is 2. The molecule has 1 N–H and O–H groups in total. The van der Waals surface area contributed by atoms with Gasteiger partial charge in [-0.1, -0.05) is 41.9 Å². The smallest absolute Gasteiger partial charge is 0.408 e. The number of hydrogen-bond donors (Lipinski definition) is 1. The van der Waals surface area contributed by atoms with Crippen molar-refractivity contribution in [2.75, 3.05) is 31.1 Å². The van der Waals surface area contributed by atoms with Crippen LogP contribution in [0.15, 0.2) is 54.6 Å². The van der Waals surface area contributed by atoms with Crippen molar-refractivity contribution in [3.05, 3.63) is 65.2 Å². The lowest BCUT2D eigenvalue weighted by molar-refractivity contribution is -0.134. The highest BCUT2D eigenvalue weighted by Crippen LogP contribution is 2.22. The van der Waals surface area contributed by atoms with E-state index in [1.54, 1.807) is 25.7 Å². The number of amides is 2. The Morgan fingerprint density at radius 1 is 0.967 bits per heavy atom. The molecule has 0 aliphatic carbocycles. The number of rotatable bonds is 4. The molecule has 6 nitrogen and oxygen atoms in total. The fourth-order valence-electron chi connectivity index (χ4n) is 3.38. The molecule has 7 heteroatoms. The summed E-state index contributed by atoms with van der Waals surface area (Å²) < 4.78 is 5.37. The van der Waals surface area contributed by atoms with Crippen LogP contribution in [0.25, 0.3) is 0 Å². The fourth-order valence-corrected chi connectivity index (χ4v) is 3.50. The minimum Gasteiger partial charge on any atom is -0.444 e. The quantitative estimate of drug-likeness (QED) is 0.789. The van der Waals surface area contributed by atoms with Crippen LogP contribution in [-0.4, -0.2) is 48.7 Å². The monoisotopic (exact) mass is 429 g/mol. The topological polar surface area (TPSA) is 61.9 Å². The number of anilines is 1. The molecule has 0 aromatic heterocycles. The molecule has 2 amide bonds. The first-order valence-electron chi connectivity index (χ1n) is 10.1. The maximum Gasteiger partial charge on any atom is 0.408 e. The molecule has 1 aliphatic rings. The molecular weight excluding hydrogens is 402 g/mol. The summed E-state index contributed by atoms with van der Waals surface area (Å²) in [5.74, 6) is -0.136. The first-order valence-corrected chi connectivity index (χ1v) is 10.4. The largest absolute Gasteiger partial charge is 0.444 e. The van der Waals surface area contributed by atoms with Crippen LogP contribution in [0.5, 0.6) is 0 Å². The van der Waals surface area contributed by atoms with Gasteiger partial charge in [0.15, 0.2) is 0 Å². The Morgan fingerprint density at radius 3 is 2.13 bits per heavy atom. The summed E-state index contributed by atoms with van der Waals surface area (Å²) in [6, 6.07) is 16.2. The SMILES string of the molecule is CC(C)(C)OC(=O)N[C@@H](C(=O)N1CCN(c2ccc(Cl)cc2)CC1)c1ccccc1. The molecule has 1 aliphatic heterocycles. The van der Waals surface area contributed by atoms with E-state index in [9.17, 15) is 9.59 Å². The number of alkyl carbamates (subject to hydrolysis) is 1. The Bertz CT molecular complexity index is 858. The molecule has 1 saturated heterocycles. The highest BCUT2D eigenvalue weighted by Gasteiger charge is 2.31. The van der Waals surface area contributed by atoms with E-state index in [0.717, 1.165) is 11.3 Å². The van der Waals surface area contributed by atoms with E-state index in [1.165, 1.54) is 0 Å². The number of carbonyl (C=O) groups is 2. The van der Waals surface area contributed by atoms with Gasteiger partial charge in [-0.25, -0.2) is 4.79 Å². The summed E-state index contributed by atoms with van der Waals surface area (Å²) in [6.45, 7) is 7.94. The van der Waals surface area contributed by atoms with Gasteiger partial charge in [0, 0.05) is 36.9 Å². The average molecular weight is 430 g/mol. The lowest BCUT2D eigenvalue weighted by Crippen LogP contribution is -2.52. The molecule has 2 aromatic rings. The summed E-state index contributed by atoms with van der Waals surface area (Å²) in [4.78, 5) is 29.7. The van der Waals surface area contributed by atoms with Crippen molar-refractivity contribution in [2.45, 2.75) is 32.4 Å². The molecular formula is C23H28ClN3O3. The van der Waals surface area contributed by atoms with Gasteiger partial charge in [-0.15, -0.1) is 0 Å². The van der Waals surface area contributed by atoms with E-state index in [4.69, 9.17) is 16.3 Å². The van der Waals surface area contributed by atoms with Crippen LogP contribution in [-0.2, 0) is 9.53 Å². The van der Waals surface area contributed by atoms with Gasteiger partial charge in [0.05, 0.1) is 0 Å². The third kappa shape index (κ3) is 5.89. The van der Waals surface area contributed by atoms with Gasteiger partial charge in [0.2, 0.25) is 5.91 Å². The van der Waals surface area contributed by atoms with E-state index >= 15 is 0 Å². The maximum atomic E-state index is 13.3. The Hall–Kier alpha value is -2.73. The van der Waals surface area contributed by atoms with Crippen molar-refractivity contribution in [3.63, 3.8) is 0 Å². The van der Waals surface area contributed by atoms with E-state index in [2.05, 4.69) is 10.2 Å². The number of hydrogen-bond acceptors (Lipinski definition) is 4. The lowest BCUT2D eigenvalue weighted by atomic mass is 10.1. The van der Waals surface area contributed by atoms with E-state index in [0.29, 0.717) is 31.2 Å². The number of carbonyl (C=O) groups excluding carboxylic acids is 2. The lowest BCUT2D eigenvalue weighted by Gasteiger charge is -2.37. The van der Waals surface area contributed by atoms with Gasteiger partial charge < -0.3 is 19.9 Å². The third-order valence-corrected chi connectivity index (χ3v) is 5.08. The number of nitrogens with zero attached hydrogens (tertiary/aromatic N) is 2. The minimum atomic E-state index is -0.789. The molecule has 1 heterocycles. The second-order valence-electron chi connectivity index (χ2n) is 8.28. The minimum absolute atomic E-state index is 0.136. The molecule has 1 fully saturated rings. The van der Waals surface area contributed by atoms with Crippen LogP contribution in [0.3, 0.4) is 0 Å². The predicted octanol–water partition coefficient (Wildman–Crippen LogP) is 4.25. The van der Waals surface area contributed by atoms with Gasteiger partial charge in [-0.3, -0.25) is 4.79 Å². The molecule has 2 aromatic carbocycles. The number of ether oxygens (including phenoxy) is 1. The normalized spacial score (nSPS) is 15.5. The van der Waals surface area contributed by atoms with Crippen molar-refractivity contribution in [1.82, 2.24) is 10.2 Å². The van der Waals surface area contributed by atoms with Gasteiger partial charge in [-0.05, 0) is 50.6 Å². The van der Waals surface area contributed by atoms with Crippen LogP contribution in [0.2, 0.25) is 5.02 Å². The van der Waals surface area contributed by atoms with Crippen molar-refractivity contribution >= 4 is 29.3 Å². The van der Waals surface area contributed by atoms with Gasteiger partial charge >= 0.3 is 6.09 Å². The van der Waals surface area contributed by atoms with Crippen molar-refractivity contribution < 1.29 is 14.3 Å². The second kappa shape index (κ2) is 9.39. The van der Waals surface area contributed by atoms with E-state index in [1.807, 2.05) is 54.6 Å². The van der Waals surface area contributed by atoms with Gasteiger partial charge in [-0.2, -0.15) is 0 Å². The van der Waals surface area contributed by atoms with Crippen LogP contribution >= 0.6 is 11.6 Å². The summed E-state index contributed by atoms with van der Waals surface area (Å²) in [5, 5.41) is 3.46. The van der Waals surface area contributed by atoms with Crippen molar-refractivity contribution in [2.24, 2.45) is 0 Å². The van der Waals surface area contributed by atoms with E-state index in [-0.39, 0.29) is 5.91 Å². The first kappa shape index (κ1) is 22.0. The van der Waals surface area contributed by atoms with Crippen LogP contribution in [0, 0.1) is 0 Å². The fraction of sp³-hybridized carbons (Fsp3) is 0.391. The molecule has 3 rings (SSSR count). The van der Waals surface area contributed by atoms with E-state index < -0.39 is 17.7 Å². The Morgan fingerprint density at radius 2 is 1.57 bits per heavy atom.